The molecule has 1 aliphatic carbocycles. The van der Waals surface area contributed by atoms with Crippen LogP contribution in [0.15, 0.2) is 110 Å². The second-order valence-electron chi connectivity index (χ2n) is 7.28. The first-order chi connectivity index (χ1) is 17.4. The lowest BCUT2D eigenvalue weighted by molar-refractivity contribution is 0.474. The molecule has 2 aromatic carbocycles. The maximum Gasteiger partial charge on any atom is 0.295 e. The van der Waals surface area contributed by atoms with E-state index in [9.17, 15) is 13.0 Å². The zero-order valence-electron chi connectivity index (χ0n) is 18.6. The van der Waals surface area contributed by atoms with Crippen molar-refractivity contribution in [2.24, 2.45) is 15.3 Å². The van der Waals surface area contributed by atoms with E-state index >= 15 is 0 Å². The summed E-state index contributed by atoms with van der Waals surface area (Å²) in [6.45, 7) is 0. The van der Waals surface area contributed by atoms with Gasteiger partial charge in [-0.3, -0.25) is 9.98 Å². The van der Waals surface area contributed by atoms with E-state index in [-0.39, 0.29) is 4.90 Å². The molecule has 0 spiro atoms. The first kappa shape index (κ1) is 24.4. The Hall–Kier alpha value is -4.74. The molecule has 4 rings (SSSR count). The molecule has 0 amide bonds. The van der Waals surface area contributed by atoms with E-state index in [1.165, 1.54) is 36.7 Å². The number of hydrazone groups is 1. The van der Waals surface area contributed by atoms with Crippen LogP contribution in [0.5, 0.6) is 0 Å². The number of nitrogens with zero attached hydrogens (tertiary/aromatic N) is 3. The van der Waals surface area contributed by atoms with Crippen LogP contribution in [-0.2, 0) is 10.1 Å². The monoisotopic (exact) mass is 504 g/mol. The molecule has 0 saturated heterocycles. The maximum absolute atomic E-state index is 12.2. The first-order valence-electron chi connectivity index (χ1n) is 10.4. The van der Waals surface area contributed by atoms with Crippen LogP contribution in [0.2, 0.25) is 0 Å². The lowest BCUT2D eigenvalue weighted by Crippen LogP contribution is -2.04. The fraction of sp³-hybridized carbons (Fsp3) is 0. The van der Waals surface area contributed by atoms with Gasteiger partial charge in [-0.2, -0.15) is 23.7 Å². The molecule has 1 aliphatic heterocycles. The number of hydrogen-bond donors (Lipinski definition) is 4. The van der Waals surface area contributed by atoms with Gasteiger partial charge in [0.05, 0.1) is 36.0 Å². The minimum Gasteiger partial charge on any atom is -0.516 e. The van der Waals surface area contributed by atoms with Crippen molar-refractivity contribution in [3.05, 3.63) is 90.7 Å². The third kappa shape index (κ3) is 5.32. The van der Waals surface area contributed by atoms with E-state index in [1.807, 2.05) is 0 Å². The van der Waals surface area contributed by atoms with Gasteiger partial charge in [0.2, 0.25) is 0 Å². The molecule has 0 bridgehead atoms. The van der Waals surface area contributed by atoms with Crippen LogP contribution in [0.25, 0.3) is 33.4 Å². The molecule has 11 heteroatoms. The minimum absolute atomic E-state index is 0.240. The van der Waals surface area contributed by atoms with Gasteiger partial charge in [-0.1, -0.05) is 18.2 Å². The van der Waals surface area contributed by atoms with Gasteiger partial charge in [0.15, 0.2) is 0 Å². The fourth-order valence-electron chi connectivity index (χ4n) is 3.57. The molecule has 0 saturated carbocycles. The number of aliphatic hydroxyl groups is 2. The van der Waals surface area contributed by atoms with Crippen LogP contribution in [0.3, 0.4) is 0 Å². The Labute approximate surface area is 205 Å². The second-order valence-corrected chi connectivity index (χ2v) is 8.67. The highest BCUT2D eigenvalue weighted by molar-refractivity contribution is 7.86. The van der Waals surface area contributed by atoms with Crippen LogP contribution in [0.1, 0.15) is 0 Å². The Bertz CT molecular complexity index is 1670. The average molecular weight is 505 g/mol. The summed E-state index contributed by atoms with van der Waals surface area (Å²) in [5.41, 5.74) is 5.22. The molecule has 1 heterocycles. The Morgan fingerprint density at radius 1 is 0.889 bits per heavy atom. The van der Waals surface area contributed by atoms with E-state index in [4.69, 9.17) is 14.6 Å². The Morgan fingerprint density at radius 3 is 2.44 bits per heavy atom. The number of fused-ring (bicyclic) bond motifs is 2. The highest BCUT2D eigenvalue weighted by Crippen LogP contribution is 2.42. The predicted octanol–water partition coefficient (Wildman–Crippen LogP) is 4.88. The summed E-state index contributed by atoms with van der Waals surface area (Å²) in [5.74, 6) is 0.389. The number of benzene rings is 3. The number of rotatable bonds is 7. The van der Waals surface area contributed by atoms with Gasteiger partial charge in [0.1, 0.15) is 16.2 Å². The number of hydrogen-bond acceptors (Lipinski definition) is 9. The molecule has 4 N–H and O–H groups in total. The quantitative estimate of drug-likeness (QED) is 0.0918. The SMILES string of the molecule is O=S(=O)(O)c1ccccc1-c1c2cc\c(=N/N=C\C=C\O)cc-2oc2cc(N/N=C\C=C\O)ccc12. The molecule has 182 valence electrons. The fourth-order valence-corrected chi connectivity index (χ4v) is 4.27. The molecule has 2 aliphatic rings. The lowest BCUT2D eigenvalue weighted by Gasteiger charge is -2.17. The third-order valence-corrected chi connectivity index (χ3v) is 5.90. The normalized spacial score (nSPS) is 13.3. The van der Waals surface area contributed by atoms with Gasteiger partial charge in [-0.25, -0.2) is 0 Å². The summed E-state index contributed by atoms with van der Waals surface area (Å²) in [5, 5.41) is 30.3. The van der Waals surface area contributed by atoms with Crippen molar-refractivity contribution in [3.63, 3.8) is 0 Å². The van der Waals surface area contributed by atoms with Crippen molar-refractivity contribution < 1.29 is 27.6 Å². The Kier molecular flexibility index (Phi) is 7.23. The number of aliphatic hydroxyl groups excluding tert-OH is 2. The molecule has 0 aromatic heterocycles. The highest BCUT2D eigenvalue weighted by Gasteiger charge is 2.23. The molecule has 0 unspecified atom stereocenters. The Balaban J connectivity index is 2.01. The number of nitrogens with one attached hydrogen (secondary N) is 1. The molecule has 10 nitrogen and oxygen atoms in total. The first-order valence-corrected chi connectivity index (χ1v) is 11.9. The Morgan fingerprint density at radius 2 is 1.67 bits per heavy atom. The van der Waals surface area contributed by atoms with Crippen molar-refractivity contribution in [2.45, 2.75) is 4.90 Å². The summed E-state index contributed by atoms with van der Waals surface area (Å²) >= 11 is 0. The van der Waals surface area contributed by atoms with Gasteiger partial charge in [0.25, 0.3) is 10.1 Å². The van der Waals surface area contributed by atoms with Gasteiger partial charge >= 0.3 is 0 Å². The van der Waals surface area contributed by atoms with Crippen molar-refractivity contribution in [1.82, 2.24) is 0 Å². The van der Waals surface area contributed by atoms with Crippen LogP contribution in [0, 0.1) is 0 Å². The van der Waals surface area contributed by atoms with Gasteiger partial charge in [-0.15, -0.1) is 0 Å². The average Bonchev–Trinajstić information content (AvgIpc) is 2.87. The number of anilines is 1. The van der Waals surface area contributed by atoms with E-state index in [1.54, 1.807) is 48.5 Å². The van der Waals surface area contributed by atoms with Gasteiger partial charge in [-0.05, 0) is 42.5 Å². The maximum atomic E-state index is 12.2. The predicted molar refractivity (Wildman–Crippen MR) is 138 cm³/mol. The summed E-state index contributed by atoms with van der Waals surface area (Å²) in [7, 11) is -4.52. The molecule has 0 fully saturated rings. The lowest BCUT2D eigenvalue weighted by atomic mass is 9.93. The summed E-state index contributed by atoms with van der Waals surface area (Å²) in [6, 6.07) is 16.4. The molecule has 0 radical (unpaired) electrons. The van der Waals surface area contributed by atoms with Crippen molar-refractivity contribution in [1.29, 1.82) is 0 Å². The summed E-state index contributed by atoms with van der Waals surface area (Å²) in [4.78, 5) is -0.240. The van der Waals surface area contributed by atoms with Gasteiger partial charge in [0, 0.05) is 34.2 Å². The molecule has 36 heavy (non-hydrogen) atoms. The third-order valence-electron chi connectivity index (χ3n) is 4.99. The highest BCUT2D eigenvalue weighted by atomic mass is 32.2. The van der Waals surface area contributed by atoms with E-state index in [0.29, 0.717) is 44.5 Å². The van der Waals surface area contributed by atoms with Crippen LogP contribution >= 0.6 is 0 Å². The minimum atomic E-state index is -4.52. The summed E-state index contributed by atoms with van der Waals surface area (Å²) < 4.78 is 40.4. The zero-order chi connectivity index (χ0) is 25.5. The van der Waals surface area contributed by atoms with E-state index in [0.717, 1.165) is 12.5 Å². The van der Waals surface area contributed by atoms with Crippen LogP contribution in [-0.4, -0.2) is 35.6 Å². The van der Waals surface area contributed by atoms with Crippen molar-refractivity contribution in [2.75, 3.05) is 5.43 Å². The smallest absolute Gasteiger partial charge is 0.295 e. The topological polar surface area (TPSA) is 157 Å². The molecular formula is C25H20N4O6S. The summed E-state index contributed by atoms with van der Waals surface area (Å²) in [6.07, 6.45) is 6.98. The zero-order valence-corrected chi connectivity index (χ0v) is 19.4. The second kappa shape index (κ2) is 10.7. The van der Waals surface area contributed by atoms with E-state index in [2.05, 4.69) is 20.7 Å². The van der Waals surface area contributed by atoms with Crippen molar-refractivity contribution >= 4 is 39.2 Å². The number of allylic oxidation sites excluding steroid dienone is 2. The van der Waals surface area contributed by atoms with Crippen LogP contribution < -0.4 is 10.8 Å². The van der Waals surface area contributed by atoms with E-state index < -0.39 is 10.1 Å². The molecule has 0 atom stereocenters. The van der Waals surface area contributed by atoms with Crippen LogP contribution in [0.4, 0.5) is 5.69 Å². The molecule has 2 aromatic rings. The molecular weight excluding hydrogens is 484 g/mol. The van der Waals surface area contributed by atoms with Crippen molar-refractivity contribution in [3.8, 4) is 22.5 Å². The largest absolute Gasteiger partial charge is 0.516 e. The standard InChI is InChI=1S/C25H20N4O6S/c30-13-3-11-26-28-17-7-9-19-22(15-17)35-23-16-18(29-27-12-4-14-31)8-10-20(23)25(19)21-5-1-2-6-24(21)36(32,33)34/h1-16,28,30-31H,(H,32,33,34)/b13-3+,14-4+,26-11-,27-12-,29-18+. The van der Waals surface area contributed by atoms with Gasteiger partial charge < -0.3 is 14.6 Å².